The first kappa shape index (κ1) is 11.1. The van der Waals surface area contributed by atoms with Crippen molar-refractivity contribution < 1.29 is 18.0 Å². The van der Waals surface area contributed by atoms with Crippen LogP contribution in [0.15, 0.2) is 12.2 Å². The summed E-state index contributed by atoms with van der Waals surface area (Å²) in [6.45, 7) is 5.76. The Hall–Kier alpha value is -1.00. The van der Waals surface area contributed by atoms with Crippen molar-refractivity contribution in [2.75, 3.05) is 13.1 Å². The van der Waals surface area contributed by atoms with Crippen LogP contribution in [0.5, 0.6) is 0 Å². The first-order chi connectivity index (χ1) is 6.32. The normalized spacial score (nSPS) is 23.9. The molecule has 0 radical (unpaired) electrons. The van der Waals surface area contributed by atoms with E-state index in [1.807, 2.05) is 0 Å². The van der Waals surface area contributed by atoms with Gasteiger partial charge in [0.1, 0.15) is 0 Å². The first-order valence-electron chi connectivity index (χ1n) is 4.36. The van der Waals surface area contributed by atoms with Gasteiger partial charge in [-0.05, 0) is 12.3 Å². The quantitative estimate of drug-likeness (QED) is 0.556. The molecule has 1 fully saturated rings. The number of piperidine rings is 1. The molecule has 1 amide bonds. The zero-order valence-corrected chi connectivity index (χ0v) is 7.90. The van der Waals surface area contributed by atoms with Crippen molar-refractivity contribution in [1.29, 1.82) is 0 Å². The average molecular weight is 207 g/mol. The molecule has 2 nitrogen and oxygen atoms in total. The molecular weight excluding hydrogens is 195 g/mol. The van der Waals surface area contributed by atoms with Crippen LogP contribution in [0.1, 0.15) is 13.3 Å². The van der Waals surface area contributed by atoms with E-state index in [1.165, 1.54) is 0 Å². The molecule has 14 heavy (non-hydrogen) atoms. The molecule has 0 aliphatic carbocycles. The standard InChI is InChI=1S/C9H12F3NO/c1-6-3-4-13(5-7(6)2)8(14)9(10,11)12/h7H,1,3-5H2,2H3. The molecule has 80 valence electrons. The van der Waals surface area contributed by atoms with Crippen LogP contribution in [0, 0.1) is 5.92 Å². The van der Waals surface area contributed by atoms with Crippen LogP contribution in [-0.4, -0.2) is 30.1 Å². The van der Waals surface area contributed by atoms with Gasteiger partial charge in [-0.3, -0.25) is 4.79 Å². The minimum Gasteiger partial charge on any atom is -0.334 e. The third kappa shape index (κ3) is 2.27. The highest BCUT2D eigenvalue weighted by molar-refractivity contribution is 5.82. The number of nitrogens with zero attached hydrogens (tertiary/aromatic N) is 1. The Morgan fingerprint density at radius 3 is 2.57 bits per heavy atom. The molecular formula is C9H12F3NO. The molecule has 1 aliphatic rings. The molecule has 1 heterocycles. The summed E-state index contributed by atoms with van der Waals surface area (Å²) >= 11 is 0. The number of hydrogen-bond donors (Lipinski definition) is 0. The maximum Gasteiger partial charge on any atom is 0.471 e. The number of carbonyl (C=O) groups excluding carboxylic acids is 1. The minimum absolute atomic E-state index is 0.0463. The molecule has 1 rings (SSSR count). The van der Waals surface area contributed by atoms with Crippen LogP contribution >= 0.6 is 0 Å². The number of rotatable bonds is 0. The number of likely N-dealkylation sites (tertiary alicyclic amines) is 1. The summed E-state index contributed by atoms with van der Waals surface area (Å²) in [6.07, 6.45) is -4.29. The molecule has 0 bridgehead atoms. The monoisotopic (exact) mass is 207 g/mol. The van der Waals surface area contributed by atoms with Crippen molar-refractivity contribution in [3.8, 4) is 0 Å². The van der Waals surface area contributed by atoms with Crippen molar-refractivity contribution in [1.82, 2.24) is 4.90 Å². The summed E-state index contributed by atoms with van der Waals surface area (Å²) in [5, 5.41) is 0. The van der Waals surface area contributed by atoms with E-state index in [0.29, 0.717) is 6.42 Å². The second-order valence-electron chi connectivity index (χ2n) is 3.56. The fourth-order valence-electron chi connectivity index (χ4n) is 1.44. The van der Waals surface area contributed by atoms with E-state index < -0.39 is 12.1 Å². The van der Waals surface area contributed by atoms with E-state index in [2.05, 4.69) is 6.58 Å². The summed E-state index contributed by atoms with van der Waals surface area (Å²) in [6, 6.07) is 0. The maximum absolute atomic E-state index is 12.0. The molecule has 1 saturated heterocycles. The van der Waals surface area contributed by atoms with Gasteiger partial charge in [0, 0.05) is 13.1 Å². The highest BCUT2D eigenvalue weighted by atomic mass is 19.4. The van der Waals surface area contributed by atoms with Crippen LogP contribution in [0.4, 0.5) is 13.2 Å². The lowest BCUT2D eigenvalue weighted by atomic mass is 9.95. The molecule has 5 heteroatoms. The van der Waals surface area contributed by atoms with Crippen LogP contribution in [0.3, 0.4) is 0 Å². The summed E-state index contributed by atoms with van der Waals surface area (Å²) in [5.74, 6) is -1.79. The van der Waals surface area contributed by atoms with Crippen LogP contribution in [0.2, 0.25) is 0 Å². The Morgan fingerprint density at radius 2 is 2.14 bits per heavy atom. The Labute approximate surface area is 80.4 Å². The third-order valence-electron chi connectivity index (χ3n) is 2.42. The highest BCUT2D eigenvalue weighted by Crippen LogP contribution is 2.25. The Balaban J connectivity index is 2.64. The highest BCUT2D eigenvalue weighted by Gasteiger charge is 2.43. The topological polar surface area (TPSA) is 20.3 Å². The van der Waals surface area contributed by atoms with Gasteiger partial charge in [-0.25, -0.2) is 0 Å². The van der Waals surface area contributed by atoms with Crippen LogP contribution in [-0.2, 0) is 4.79 Å². The molecule has 0 aromatic heterocycles. The average Bonchev–Trinajstić information content (AvgIpc) is 2.07. The molecule has 0 spiro atoms. The predicted molar refractivity (Wildman–Crippen MR) is 45.6 cm³/mol. The van der Waals surface area contributed by atoms with Crippen LogP contribution < -0.4 is 0 Å². The number of alkyl halides is 3. The molecule has 0 N–H and O–H groups in total. The predicted octanol–water partition coefficient (Wildman–Crippen LogP) is 1.97. The van der Waals surface area contributed by atoms with Gasteiger partial charge in [-0.15, -0.1) is 0 Å². The Bertz CT molecular complexity index is 259. The Kier molecular flexibility index (Phi) is 2.87. The minimum atomic E-state index is -4.75. The van der Waals surface area contributed by atoms with E-state index in [1.54, 1.807) is 6.92 Å². The molecule has 0 saturated carbocycles. The van der Waals surface area contributed by atoms with Gasteiger partial charge in [-0.2, -0.15) is 13.2 Å². The summed E-state index contributed by atoms with van der Waals surface area (Å²) < 4.78 is 36.1. The van der Waals surface area contributed by atoms with Crippen molar-refractivity contribution >= 4 is 5.91 Å². The van der Waals surface area contributed by atoms with Crippen molar-refractivity contribution in [3.05, 3.63) is 12.2 Å². The van der Waals surface area contributed by atoms with Gasteiger partial charge in [0.25, 0.3) is 0 Å². The zero-order valence-electron chi connectivity index (χ0n) is 7.90. The Morgan fingerprint density at radius 1 is 1.57 bits per heavy atom. The molecule has 0 aromatic carbocycles. The van der Waals surface area contributed by atoms with Gasteiger partial charge in [0.2, 0.25) is 0 Å². The van der Waals surface area contributed by atoms with E-state index in [0.717, 1.165) is 10.5 Å². The summed E-state index contributed by atoms with van der Waals surface area (Å²) in [7, 11) is 0. The van der Waals surface area contributed by atoms with E-state index in [-0.39, 0.29) is 19.0 Å². The van der Waals surface area contributed by atoms with Crippen molar-refractivity contribution in [2.45, 2.75) is 19.5 Å². The lowest BCUT2D eigenvalue weighted by molar-refractivity contribution is -0.186. The summed E-state index contributed by atoms with van der Waals surface area (Å²) in [4.78, 5) is 11.7. The maximum atomic E-state index is 12.0. The first-order valence-corrected chi connectivity index (χ1v) is 4.36. The van der Waals surface area contributed by atoms with E-state index >= 15 is 0 Å². The molecule has 1 unspecified atom stereocenters. The number of halogens is 3. The van der Waals surface area contributed by atoms with Gasteiger partial charge < -0.3 is 4.90 Å². The molecule has 0 aromatic rings. The van der Waals surface area contributed by atoms with E-state index in [4.69, 9.17) is 0 Å². The number of amides is 1. The van der Waals surface area contributed by atoms with Gasteiger partial charge in [-0.1, -0.05) is 19.1 Å². The van der Waals surface area contributed by atoms with Gasteiger partial charge in [0.15, 0.2) is 0 Å². The molecule has 1 atom stereocenters. The van der Waals surface area contributed by atoms with Crippen molar-refractivity contribution in [3.63, 3.8) is 0 Å². The van der Waals surface area contributed by atoms with E-state index in [9.17, 15) is 18.0 Å². The smallest absolute Gasteiger partial charge is 0.334 e. The van der Waals surface area contributed by atoms with Gasteiger partial charge >= 0.3 is 12.1 Å². The number of carbonyl (C=O) groups is 1. The SMILES string of the molecule is C=C1CCN(C(=O)C(F)(F)F)CC1C. The van der Waals surface area contributed by atoms with Crippen LogP contribution in [0.25, 0.3) is 0 Å². The largest absolute Gasteiger partial charge is 0.471 e. The second-order valence-corrected chi connectivity index (χ2v) is 3.56. The molecule has 1 aliphatic heterocycles. The summed E-state index contributed by atoms with van der Waals surface area (Å²) in [5.41, 5.74) is 0.913. The lowest BCUT2D eigenvalue weighted by Crippen LogP contribution is -2.46. The van der Waals surface area contributed by atoms with Gasteiger partial charge in [0.05, 0.1) is 0 Å². The fraction of sp³-hybridized carbons (Fsp3) is 0.667. The third-order valence-corrected chi connectivity index (χ3v) is 2.42. The van der Waals surface area contributed by atoms with Crippen molar-refractivity contribution in [2.24, 2.45) is 5.92 Å². The second kappa shape index (κ2) is 3.63. The number of hydrogen-bond acceptors (Lipinski definition) is 1. The lowest BCUT2D eigenvalue weighted by Gasteiger charge is -2.32. The fourth-order valence-corrected chi connectivity index (χ4v) is 1.44. The zero-order chi connectivity index (χ0) is 10.9.